The second kappa shape index (κ2) is 7.65. The molecule has 3 rings (SSSR count). The summed E-state index contributed by atoms with van der Waals surface area (Å²) in [6.45, 7) is 5.92. The SMILES string of the molecule is COc1ccccc1Nc1nc(N2C[C@H](C)C[C@H](C)C2)nc(N)c1[N+](=O)[O-]. The van der Waals surface area contributed by atoms with E-state index in [4.69, 9.17) is 10.5 Å². The van der Waals surface area contributed by atoms with Gasteiger partial charge < -0.3 is 20.7 Å². The van der Waals surface area contributed by atoms with Crippen molar-refractivity contribution in [1.82, 2.24) is 9.97 Å². The Labute approximate surface area is 157 Å². The van der Waals surface area contributed by atoms with Gasteiger partial charge in [0.2, 0.25) is 17.6 Å². The summed E-state index contributed by atoms with van der Waals surface area (Å²) in [7, 11) is 1.53. The number of anilines is 4. The quantitative estimate of drug-likeness (QED) is 0.606. The minimum absolute atomic E-state index is 0.0536. The van der Waals surface area contributed by atoms with Crippen LogP contribution in [0.2, 0.25) is 0 Å². The van der Waals surface area contributed by atoms with Crippen molar-refractivity contribution in [3.8, 4) is 5.75 Å². The zero-order valence-corrected chi connectivity index (χ0v) is 15.7. The number of piperidine rings is 1. The number of ether oxygens (including phenoxy) is 1. The number of hydrogen-bond donors (Lipinski definition) is 2. The molecule has 0 spiro atoms. The molecule has 1 saturated heterocycles. The van der Waals surface area contributed by atoms with Gasteiger partial charge in [-0.3, -0.25) is 10.1 Å². The lowest BCUT2D eigenvalue weighted by Gasteiger charge is -2.35. The Hall–Kier alpha value is -3.10. The molecule has 0 amide bonds. The number of hydrogen-bond acceptors (Lipinski definition) is 8. The fraction of sp³-hybridized carbons (Fsp3) is 0.444. The predicted molar refractivity (Wildman–Crippen MR) is 105 cm³/mol. The number of nitro groups is 1. The molecule has 1 fully saturated rings. The molecule has 2 atom stereocenters. The first kappa shape index (κ1) is 18.7. The maximum absolute atomic E-state index is 11.5. The van der Waals surface area contributed by atoms with Gasteiger partial charge in [-0.2, -0.15) is 9.97 Å². The number of rotatable bonds is 5. The lowest BCUT2D eigenvalue weighted by molar-refractivity contribution is -0.383. The molecule has 1 aliphatic rings. The van der Waals surface area contributed by atoms with Gasteiger partial charge in [0.25, 0.3) is 0 Å². The molecule has 1 aromatic heterocycles. The number of nitrogen functional groups attached to an aromatic ring is 1. The van der Waals surface area contributed by atoms with E-state index in [-0.39, 0.29) is 17.3 Å². The van der Waals surface area contributed by atoms with Crippen molar-refractivity contribution in [3.05, 3.63) is 34.4 Å². The largest absolute Gasteiger partial charge is 0.495 e. The summed E-state index contributed by atoms with van der Waals surface area (Å²) in [5.74, 6) is 1.81. The molecule has 9 heteroatoms. The van der Waals surface area contributed by atoms with Gasteiger partial charge >= 0.3 is 5.69 Å². The normalized spacial score (nSPS) is 19.6. The molecule has 2 aromatic rings. The fourth-order valence-corrected chi connectivity index (χ4v) is 3.57. The van der Waals surface area contributed by atoms with Crippen molar-refractivity contribution in [2.75, 3.05) is 36.1 Å². The van der Waals surface area contributed by atoms with Crippen LogP contribution in [0.1, 0.15) is 20.3 Å². The van der Waals surface area contributed by atoms with Crippen LogP contribution in [0.15, 0.2) is 24.3 Å². The van der Waals surface area contributed by atoms with E-state index in [2.05, 4.69) is 29.1 Å². The minimum atomic E-state index is -0.571. The molecule has 1 aliphatic heterocycles. The third-order valence-electron chi connectivity index (χ3n) is 4.59. The summed E-state index contributed by atoms with van der Waals surface area (Å²) >= 11 is 0. The third kappa shape index (κ3) is 4.02. The number of nitrogens with two attached hydrogens (primary N) is 1. The molecular weight excluding hydrogens is 348 g/mol. The van der Waals surface area contributed by atoms with Gasteiger partial charge in [0, 0.05) is 13.1 Å². The highest BCUT2D eigenvalue weighted by molar-refractivity contribution is 5.76. The van der Waals surface area contributed by atoms with E-state index in [0.29, 0.717) is 29.2 Å². The van der Waals surface area contributed by atoms with E-state index in [0.717, 1.165) is 19.5 Å². The van der Waals surface area contributed by atoms with Crippen LogP contribution in [-0.4, -0.2) is 35.1 Å². The zero-order chi connectivity index (χ0) is 19.6. The van der Waals surface area contributed by atoms with Crippen LogP contribution in [0.4, 0.5) is 29.0 Å². The van der Waals surface area contributed by atoms with Crippen molar-refractivity contribution >= 4 is 29.0 Å². The van der Waals surface area contributed by atoms with Gasteiger partial charge in [-0.15, -0.1) is 0 Å². The Bertz CT molecular complexity index is 834. The molecule has 0 saturated carbocycles. The number of nitrogens with zero attached hydrogens (tertiary/aromatic N) is 4. The van der Waals surface area contributed by atoms with E-state index in [9.17, 15) is 10.1 Å². The number of aromatic nitrogens is 2. The summed E-state index contributed by atoms with van der Waals surface area (Å²) < 4.78 is 5.31. The van der Waals surface area contributed by atoms with E-state index >= 15 is 0 Å². The van der Waals surface area contributed by atoms with E-state index in [1.165, 1.54) is 7.11 Å². The van der Waals surface area contributed by atoms with Crippen LogP contribution in [0, 0.1) is 22.0 Å². The number of methoxy groups -OCH3 is 1. The standard InChI is InChI=1S/C18H24N6O3/c1-11-8-12(2)10-23(9-11)18-21-16(19)15(24(25)26)17(22-18)20-13-6-4-5-7-14(13)27-3/h4-7,11-12H,8-10H2,1-3H3,(H3,19,20,21,22)/t11-,12+. The highest BCUT2D eigenvalue weighted by Crippen LogP contribution is 2.36. The highest BCUT2D eigenvalue weighted by atomic mass is 16.6. The van der Waals surface area contributed by atoms with Crippen LogP contribution in [-0.2, 0) is 0 Å². The number of benzene rings is 1. The van der Waals surface area contributed by atoms with E-state index in [1.54, 1.807) is 18.2 Å². The minimum Gasteiger partial charge on any atom is -0.495 e. The molecule has 2 heterocycles. The van der Waals surface area contributed by atoms with Gasteiger partial charge in [-0.25, -0.2) is 0 Å². The summed E-state index contributed by atoms with van der Waals surface area (Å²) in [6.07, 6.45) is 1.13. The van der Waals surface area contributed by atoms with Crippen LogP contribution in [0.5, 0.6) is 5.75 Å². The number of nitrogens with one attached hydrogen (secondary N) is 1. The van der Waals surface area contributed by atoms with Gasteiger partial charge in [-0.1, -0.05) is 26.0 Å². The van der Waals surface area contributed by atoms with Gasteiger partial charge in [0.05, 0.1) is 17.7 Å². The zero-order valence-electron chi connectivity index (χ0n) is 15.7. The summed E-state index contributed by atoms with van der Waals surface area (Å²) in [5.41, 5.74) is 6.15. The molecule has 9 nitrogen and oxygen atoms in total. The Kier molecular flexibility index (Phi) is 5.29. The van der Waals surface area contributed by atoms with Crippen LogP contribution >= 0.6 is 0 Å². The maximum atomic E-state index is 11.5. The predicted octanol–water partition coefficient (Wildman–Crippen LogP) is 3.20. The van der Waals surface area contributed by atoms with E-state index in [1.807, 2.05) is 11.0 Å². The molecule has 144 valence electrons. The van der Waals surface area contributed by atoms with Crippen LogP contribution < -0.4 is 20.7 Å². The second-order valence-corrected chi connectivity index (χ2v) is 7.04. The fourth-order valence-electron chi connectivity index (χ4n) is 3.57. The Morgan fingerprint density at radius 1 is 1.26 bits per heavy atom. The Morgan fingerprint density at radius 2 is 1.93 bits per heavy atom. The maximum Gasteiger partial charge on any atom is 0.353 e. The molecule has 0 bridgehead atoms. The Balaban J connectivity index is 2.03. The summed E-state index contributed by atoms with van der Waals surface area (Å²) in [6, 6.07) is 7.13. The molecule has 27 heavy (non-hydrogen) atoms. The molecule has 0 unspecified atom stereocenters. The van der Waals surface area contributed by atoms with E-state index < -0.39 is 4.92 Å². The van der Waals surface area contributed by atoms with Gasteiger partial charge in [0.1, 0.15) is 5.75 Å². The summed E-state index contributed by atoms with van der Waals surface area (Å²) in [5, 5.41) is 14.5. The highest BCUT2D eigenvalue weighted by Gasteiger charge is 2.29. The van der Waals surface area contributed by atoms with Crippen molar-refractivity contribution in [3.63, 3.8) is 0 Å². The van der Waals surface area contributed by atoms with Crippen LogP contribution in [0.3, 0.4) is 0 Å². The lowest BCUT2D eigenvalue weighted by Crippen LogP contribution is -2.39. The summed E-state index contributed by atoms with van der Waals surface area (Å²) in [4.78, 5) is 21.7. The first-order valence-electron chi connectivity index (χ1n) is 8.86. The molecule has 0 radical (unpaired) electrons. The molecular formula is C18H24N6O3. The first-order valence-corrected chi connectivity index (χ1v) is 8.86. The monoisotopic (exact) mass is 372 g/mol. The van der Waals surface area contributed by atoms with Gasteiger partial charge in [-0.05, 0) is 30.4 Å². The van der Waals surface area contributed by atoms with Crippen molar-refractivity contribution < 1.29 is 9.66 Å². The van der Waals surface area contributed by atoms with Crippen molar-refractivity contribution in [2.45, 2.75) is 20.3 Å². The lowest BCUT2D eigenvalue weighted by atomic mass is 9.92. The number of para-hydroxylation sites is 2. The average Bonchev–Trinajstić information content (AvgIpc) is 2.60. The first-order chi connectivity index (χ1) is 12.9. The molecule has 0 aliphatic carbocycles. The van der Waals surface area contributed by atoms with Crippen LogP contribution in [0.25, 0.3) is 0 Å². The van der Waals surface area contributed by atoms with Crippen molar-refractivity contribution in [2.24, 2.45) is 11.8 Å². The Morgan fingerprint density at radius 3 is 2.56 bits per heavy atom. The van der Waals surface area contributed by atoms with Gasteiger partial charge in [0.15, 0.2) is 0 Å². The molecule has 1 aromatic carbocycles. The second-order valence-electron chi connectivity index (χ2n) is 7.04. The van der Waals surface area contributed by atoms with Crippen molar-refractivity contribution in [1.29, 1.82) is 0 Å². The smallest absolute Gasteiger partial charge is 0.353 e. The molecule has 3 N–H and O–H groups in total. The third-order valence-corrected chi connectivity index (χ3v) is 4.59. The topological polar surface area (TPSA) is 119 Å². The average molecular weight is 372 g/mol.